The van der Waals surface area contributed by atoms with Gasteiger partial charge >= 0.3 is 0 Å². The number of amides is 1. The van der Waals surface area contributed by atoms with Crippen molar-refractivity contribution in [3.05, 3.63) is 35.1 Å². The van der Waals surface area contributed by atoms with E-state index in [9.17, 15) is 9.18 Å². The van der Waals surface area contributed by atoms with Crippen LogP contribution in [0.15, 0.2) is 18.2 Å². The number of nitriles is 1. The van der Waals surface area contributed by atoms with E-state index in [1.807, 2.05) is 6.07 Å². The Morgan fingerprint density at radius 3 is 2.58 bits per heavy atom. The molecule has 0 atom stereocenters. The van der Waals surface area contributed by atoms with E-state index in [0.717, 1.165) is 13.1 Å². The number of piperazine rings is 1. The lowest BCUT2D eigenvalue weighted by atomic mass is 10.1. The molecule has 100 valence electrons. The lowest BCUT2D eigenvalue weighted by Crippen LogP contribution is -2.47. The standard InChI is InChI=1S/C14H16FN3O/c1-11(19)18-6-4-17(5-7-18)10-13-3-2-12(9-16)8-14(13)15/h2-3,8H,4-7,10H2,1H3. The van der Waals surface area contributed by atoms with Gasteiger partial charge in [-0.3, -0.25) is 9.69 Å². The summed E-state index contributed by atoms with van der Waals surface area (Å²) in [6.07, 6.45) is 0. The van der Waals surface area contributed by atoms with Crippen molar-refractivity contribution in [3.63, 3.8) is 0 Å². The van der Waals surface area contributed by atoms with Gasteiger partial charge in [0.2, 0.25) is 5.91 Å². The van der Waals surface area contributed by atoms with Crippen LogP contribution in [0.4, 0.5) is 4.39 Å². The van der Waals surface area contributed by atoms with Crippen LogP contribution in [-0.4, -0.2) is 41.9 Å². The van der Waals surface area contributed by atoms with Crippen LogP contribution in [0.3, 0.4) is 0 Å². The Balaban J connectivity index is 1.96. The zero-order chi connectivity index (χ0) is 13.8. The van der Waals surface area contributed by atoms with Crippen LogP contribution < -0.4 is 0 Å². The van der Waals surface area contributed by atoms with Crippen molar-refractivity contribution in [1.29, 1.82) is 5.26 Å². The molecule has 0 bridgehead atoms. The predicted molar refractivity (Wildman–Crippen MR) is 68.6 cm³/mol. The highest BCUT2D eigenvalue weighted by Gasteiger charge is 2.19. The molecule has 0 spiro atoms. The number of carbonyl (C=O) groups is 1. The first kappa shape index (κ1) is 13.5. The Morgan fingerprint density at radius 2 is 2.05 bits per heavy atom. The Morgan fingerprint density at radius 1 is 1.37 bits per heavy atom. The molecule has 1 heterocycles. The molecule has 1 aromatic rings. The van der Waals surface area contributed by atoms with Gasteiger partial charge in [-0.1, -0.05) is 6.07 Å². The maximum Gasteiger partial charge on any atom is 0.219 e. The summed E-state index contributed by atoms with van der Waals surface area (Å²) < 4.78 is 13.8. The lowest BCUT2D eigenvalue weighted by Gasteiger charge is -2.34. The van der Waals surface area contributed by atoms with Crippen molar-refractivity contribution in [2.45, 2.75) is 13.5 Å². The van der Waals surface area contributed by atoms with Crippen molar-refractivity contribution in [3.8, 4) is 6.07 Å². The second-order valence-electron chi connectivity index (χ2n) is 4.70. The molecule has 1 fully saturated rings. The molecule has 0 aliphatic carbocycles. The number of carbonyl (C=O) groups excluding carboxylic acids is 1. The third kappa shape index (κ3) is 3.30. The van der Waals surface area contributed by atoms with Crippen LogP contribution in [0.2, 0.25) is 0 Å². The Labute approximate surface area is 112 Å². The molecule has 1 aliphatic rings. The Kier molecular flexibility index (Phi) is 4.13. The second-order valence-corrected chi connectivity index (χ2v) is 4.70. The largest absolute Gasteiger partial charge is 0.340 e. The topological polar surface area (TPSA) is 47.3 Å². The van der Waals surface area contributed by atoms with Gasteiger partial charge in [0, 0.05) is 45.2 Å². The van der Waals surface area contributed by atoms with Crippen LogP contribution in [0, 0.1) is 17.1 Å². The number of hydrogen-bond acceptors (Lipinski definition) is 3. The molecule has 0 saturated carbocycles. The van der Waals surface area contributed by atoms with E-state index < -0.39 is 0 Å². The smallest absolute Gasteiger partial charge is 0.219 e. The number of rotatable bonds is 2. The number of benzene rings is 1. The molecule has 4 nitrogen and oxygen atoms in total. The van der Waals surface area contributed by atoms with Crippen LogP contribution in [0.5, 0.6) is 0 Å². The number of halogens is 1. The molecule has 1 aromatic carbocycles. The number of hydrogen-bond donors (Lipinski definition) is 0. The van der Waals surface area contributed by atoms with Gasteiger partial charge < -0.3 is 4.90 Å². The molecule has 1 aliphatic heterocycles. The van der Waals surface area contributed by atoms with Gasteiger partial charge in [-0.15, -0.1) is 0 Å². The average molecular weight is 261 g/mol. The van der Waals surface area contributed by atoms with Gasteiger partial charge in [0.15, 0.2) is 0 Å². The van der Waals surface area contributed by atoms with E-state index >= 15 is 0 Å². The first-order chi connectivity index (χ1) is 9.10. The fourth-order valence-electron chi connectivity index (χ4n) is 2.21. The Bertz CT molecular complexity index is 516. The quantitative estimate of drug-likeness (QED) is 0.807. The van der Waals surface area contributed by atoms with Gasteiger partial charge in [-0.05, 0) is 12.1 Å². The minimum Gasteiger partial charge on any atom is -0.340 e. The fourth-order valence-corrected chi connectivity index (χ4v) is 2.21. The summed E-state index contributed by atoms with van der Waals surface area (Å²) >= 11 is 0. The minimum absolute atomic E-state index is 0.0872. The molecular formula is C14H16FN3O. The van der Waals surface area contributed by atoms with Gasteiger partial charge in [-0.2, -0.15) is 5.26 Å². The molecule has 0 N–H and O–H groups in total. The van der Waals surface area contributed by atoms with Gasteiger partial charge in [0.05, 0.1) is 11.6 Å². The summed E-state index contributed by atoms with van der Waals surface area (Å²) in [4.78, 5) is 15.1. The monoisotopic (exact) mass is 261 g/mol. The third-order valence-electron chi connectivity index (χ3n) is 3.39. The summed E-state index contributed by atoms with van der Waals surface area (Å²) in [5, 5.41) is 8.69. The first-order valence-electron chi connectivity index (χ1n) is 6.26. The normalized spacial score (nSPS) is 16.2. The molecule has 2 rings (SSSR count). The van der Waals surface area contributed by atoms with E-state index in [0.29, 0.717) is 30.8 Å². The van der Waals surface area contributed by atoms with Gasteiger partial charge in [0.25, 0.3) is 0 Å². The van der Waals surface area contributed by atoms with Crippen molar-refractivity contribution in [2.75, 3.05) is 26.2 Å². The molecule has 5 heteroatoms. The van der Waals surface area contributed by atoms with Crippen molar-refractivity contribution in [1.82, 2.24) is 9.80 Å². The maximum atomic E-state index is 13.8. The highest BCUT2D eigenvalue weighted by Crippen LogP contribution is 2.14. The zero-order valence-corrected chi connectivity index (χ0v) is 10.9. The molecular weight excluding hydrogens is 245 g/mol. The van der Waals surface area contributed by atoms with E-state index in [-0.39, 0.29) is 11.7 Å². The summed E-state index contributed by atoms with van der Waals surface area (Å²) in [5.41, 5.74) is 0.929. The zero-order valence-electron chi connectivity index (χ0n) is 10.9. The fraction of sp³-hybridized carbons (Fsp3) is 0.429. The van der Waals surface area contributed by atoms with Crippen LogP contribution in [0.25, 0.3) is 0 Å². The van der Waals surface area contributed by atoms with Crippen LogP contribution in [0.1, 0.15) is 18.1 Å². The SMILES string of the molecule is CC(=O)N1CCN(Cc2ccc(C#N)cc2F)CC1. The molecule has 0 unspecified atom stereocenters. The van der Waals surface area contributed by atoms with E-state index in [2.05, 4.69) is 4.90 Å². The third-order valence-corrected chi connectivity index (χ3v) is 3.39. The van der Waals surface area contributed by atoms with Crippen LogP contribution in [-0.2, 0) is 11.3 Å². The summed E-state index contributed by atoms with van der Waals surface area (Å²) in [6, 6.07) is 6.47. The molecule has 1 amide bonds. The van der Waals surface area contributed by atoms with Crippen molar-refractivity contribution < 1.29 is 9.18 Å². The van der Waals surface area contributed by atoms with E-state index in [4.69, 9.17) is 5.26 Å². The van der Waals surface area contributed by atoms with Gasteiger partial charge in [-0.25, -0.2) is 4.39 Å². The van der Waals surface area contributed by atoms with E-state index in [1.165, 1.54) is 6.07 Å². The average Bonchev–Trinajstić information content (AvgIpc) is 2.41. The van der Waals surface area contributed by atoms with Crippen molar-refractivity contribution >= 4 is 5.91 Å². The first-order valence-corrected chi connectivity index (χ1v) is 6.26. The molecule has 0 radical (unpaired) electrons. The predicted octanol–water partition coefficient (Wildman–Crippen LogP) is 1.36. The lowest BCUT2D eigenvalue weighted by molar-refractivity contribution is -0.130. The van der Waals surface area contributed by atoms with Crippen molar-refractivity contribution in [2.24, 2.45) is 0 Å². The number of nitrogens with zero attached hydrogens (tertiary/aromatic N) is 3. The summed E-state index contributed by atoms with van der Waals surface area (Å²) in [5.74, 6) is -0.253. The molecule has 0 aromatic heterocycles. The highest BCUT2D eigenvalue weighted by molar-refractivity contribution is 5.73. The second kappa shape index (κ2) is 5.81. The molecule has 1 saturated heterocycles. The molecule has 19 heavy (non-hydrogen) atoms. The minimum atomic E-state index is -0.340. The maximum absolute atomic E-state index is 13.8. The van der Waals surface area contributed by atoms with E-state index in [1.54, 1.807) is 24.0 Å². The summed E-state index contributed by atoms with van der Waals surface area (Å²) in [6.45, 7) is 4.96. The van der Waals surface area contributed by atoms with Crippen LogP contribution >= 0.6 is 0 Å². The highest BCUT2D eigenvalue weighted by atomic mass is 19.1. The summed E-state index contributed by atoms with van der Waals surface area (Å²) in [7, 11) is 0. The Hall–Kier alpha value is -1.93. The van der Waals surface area contributed by atoms with Gasteiger partial charge in [0.1, 0.15) is 5.82 Å².